The Kier molecular flexibility index (Phi) is 5.99. The van der Waals surface area contributed by atoms with E-state index in [9.17, 15) is 14.4 Å². The van der Waals surface area contributed by atoms with Crippen LogP contribution in [0.2, 0.25) is 0 Å². The van der Waals surface area contributed by atoms with Crippen LogP contribution in [0.1, 0.15) is 20.8 Å². The average Bonchev–Trinajstić information content (AvgIpc) is 3.18. The summed E-state index contributed by atoms with van der Waals surface area (Å²) >= 11 is 1.26. The van der Waals surface area contributed by atoms with Gasteiger partial charge in [-0.05, 0) is 56.5 Å². The molecule has 0 aliphatic rings. The molecule has 2 aromatic heterocycles. The molecule has 0 unspecified atom stereocenters. The zero-order chi connectivity index (χ0) is 20.3. The largest absolute Gasteiger partial charge is 0.494 e. The van der Waals surface area contributed by atoms with Crippen molar-refractivity contribution in [3.63, 3.8) is 0 Å². The Morgan fingerprint density at radius 1 is 1.07 bits per heavy atom. The maximum atomic E-state index is 13.2. The summed E-state index contributed by atoms with van der Waals surface area (Å²) in [6.45, 7) is 7.22. The van der Waals surface area contributed by atoms with Crippen LogP contribution in [-0.2, 0) is 11.3 Å². The Bertz CT molecular complexity index is 1090. The van der Waals surface area contributed by atoms with E-state index in [2.05, 4.69) is 0 Å². The molecule has 0 aliphatic heterocycles. The normalized spacial score (nSPS) is 11.0. The number of thiophene rings is 1. The number of aromatic nitrogens is 2. The van der Waals surface area contributed by atoms with Crippen LogP contribution in [0.5, 0.6) is 5.75 Å². The van der Waals surface area contributed by atoms with E-state index in [1.807, 2.05) is 20.8 Å². The Hall–Kier alpha value is -2.87. The topological polar surface area (TPSA) is 73.5 Å². The predicted molar refractivity (Wildman–Crippen MR) is 111 cm³/mol. The highest BCUT2D eigenvalue weighted by Gasteiger charge is 2.19. The van der Waals surface area contributed by atoms with Crippen LogP contribution < -0.4 is 16.0 Å². The molecule has 0 fully saturated rings. The highest BCUT2D eigenvalue weighted by molar-refractivity contribution is 7.17. The van der Waals surface area contributed by atoms with Crippen molar-refractivity contribution in [1.82, 2.24) is 14.0 Å². The van der Waals surface area contributed by atoms with Crippen molar-refractivity contribution < 1.29 is 9.53 Å². The Balaban J connectivity index is 2.15. The monoisotopic (exact) mass is 401 g/mol. The number of fused-ring (bicyclic) bond motifs is 1. The van der Waals surface area contributed by atoms with Gasteiger partial charge in [-0.25, -0.2) is 9.36 Å². The number of nitrogens with zero attached hydrogens (tertiary/aromatic N) is 3. The van der Waals surface area contributed by atoms with Crippen molar-refractivity contribution in [3.05, 3.63) is 56.5 Å². The maximum Gasteiger partial charge on any atom is 0.336 e. The van der Waals surface area contributed by atoms with Crippen LogP contribution in [0.4, 0.5) is 0 Å². The first-order valence-corrected chi connectivity index (χ1v) is 10.1. The van der Waals surface area contributed by atoms with Gasteiger partial charge in [0.15, 0.2) is 0 Å². The molecule has 0 saturated carbocycles. The lowest BCUT2D eigenvalue weighted by atomic mass is 10.3. The van der Waals surface area contributed by atoms with Crippen LogP contribution in [0.25, 0.3) is 15.9 Å². The minimum atomic E-state index is -0.527. The maximum absolute atomic E-state index is 13.2. The molecule has 148 valence electrons. The van der Waals surface area contributed by atoms with Crippen molar-refractivity contribution in [2.45, 2.75) is 27.3 Å². The van der Waals surface area contributed by atoms with E-state index < -0.39 is 5.69 Å². The third kappa shape index (κ3) is 3.60. The summed E-state index contributed by atoms with van der Waals surface area (Å²) in [4.78, 5) is 40.4. The Morgan fingerprint density at radius 2 is 1.75 bits per heavy atom. The summed E-state index contributed by atoms with van der Waals surface area (Å²) in [7, 11) is 0. The summed E-state index contributed by atoms with van der Waals surface area (Å²) in [6, 6.07) is 8.48. The fraction of sp³-hybridized carbons (Fsp3) is 0.350. The molecule has 1 amide bonds. The molecule has 0 spiro atoms. The van der Waals surface area contributed by atoms with E-state index in [4.69, 9.17) is 4.74 Å². The minimum absolute atomic E-state index is 0.106. The molecule has 1 aromatic carbocycles. The van der Waals surface area contributed by atoms with Gasteiger partial charge in [0.25, 0.3) is 5.56 Å². The highest BCUT2D eigenvalue weighted by atomic mass is 32.1. The van der Waals surface area contributed by atoms with Gasteiger partial charge in [-0.1, -0.05) is 0 Å². The second-order valence-electron chi connectivity index (χ2n) is 6.14. The molecular formula is C20H23N3O4S. The van der Waals surface area contributed by atoms with Gasteiger partial charge < -0.3 is 9.64 Å². The molecular weight excluding hydrogens is 378 g/mol. The van der Waals surface area contributed by atoms with Crippen molar-refractivity contribution in [2.75, 3.05) is 19.7 Å². The molecule has 0 N–H and O–H groups in total. The van der Waals surface area contributed by atoms with E-state index in [1.54, 1.807) is 40.6 Å². The number of rotatable bonds is 7. The number of likely N-dealkylation sites (N-methyl/N-ethyl adjacent to an activating group) is 1. The van der Waals surface area contributed by atoms with Gasteiger partial charge in [0.2, 0.25) is 5.91 Å². The quantitative estimate of drug-likeness (QED) is 0.610. The predicted octanol–water partition coefficient (Wildman–Crippen LogP) is 2.48. The van der Waals surface area contributed by atoms with Crippen molar-refractivity contribution in [1.29, 1.82) is 0 Å². The first-order valence-electron chi connectivity index (χ1n) is 9.25. The number of carbonyl (C=O) groups excluding carboxylic acids is 1. The third-order valence-corrected chi connectivity index (χ3v) is 5.46. The van der Waals surface area contributed by atoms with E-state index in [-0.39, 0.29) is 18.0 Å². The lowest BCUT2D eigenvalue weighted by Crippen LogP contribution is -2.42. The SMILES string of the molecule is CCOc1ccc(-n2c(=O)c3sccc3n(CC(=O)N(CC)CC)c2=O)cc1. The summed E-state index contributed by atoms with van der Waals surface area (Å²) in [5.41, 5.74) is 0.0201. The number of carbonyl (C=O) groups is 1. The second kappa shape index (κ2) is 8.43. The summed E-state index contributed by atoms with van der Waals surface area (Å²) in [5, 5.41) is 1.76. The van der Waals surface area contributed by atoms with E-state index in [1.165, 1.54) is 15.9 Å². The van der Waals surface area contributed by atoms with Gasteiger partial charge in [0, 0.05) is 13.1 Å². The summed E-state index contributed by atoms with van der Waals surface area (Å²) in [6.07, 6.45) is 0. The number of hydrogen-bond donors (Lipinski definition) is 0. The summed E-state index contributed by atoms with van der Waals surface area (Å²) in [5.74, 6) is 0.505. The van der Waals surface area contributed by atoms with Crippen LogP contribution in [0.15, 0.2) is 45.3 Å². The van der Waals surface area contributed by atoms with Crippen molar-refractivity contribution in [2.24, 2.45) is 0 Å². The van der Waals surface area contributed by atoms with Gasteiger partial charge in [0.1, 0.15) is 17.0 Å². The van der Waals surface area contributed by atoms with Gasteiger partial charge >= 0.3 is 5.69 Å². The number of ether oxygens (including phenoxy) is 1. The number of hydrogen-bond acceptors (Lipinski definition) is 5. The van der Waals surface area contributed by atoms with Crippen molar-refractivity contribution >= 4 is 27.5 Å². The third-order valence-electron chi connectivity index (χ3n) is 4.57. The van der Waals surface area contributed by atoms with E-state index >= 15 is 0 Å². The van der Waals surface area contributed by atoms with Gasteiger partial charge in [-0.3, -0.25) is 14.2 Å². The van der Waals surface area contributed by atoms with Gasteiger partial charge in [-0.15, -0.1) is 11.3 Å². The molecule has 3 rings (SSSR count). The Labute approximate surface area is 166 Å². The number of benzene rings is 1. The molecule has 2 heterocycles. The molecule has 28 heavy (non-hydrogen) atoms. The van der Waals surface area contributed by atoms with Crippen molar-refractivity contribution in [3.8, 4) is 11.4 Å². The molecule has 0 atom stereocenters. The zero-order valence-corrected chi connectivity index (χ0v) is 17.0. The first kappa shape index (κ1) is 19.9. The smallest absolute Gasteiger partial charge is 0.336 e. The molecule has 8 heteroatoms. The standard InChI is InChI=1S/C20H23N3O4S/c1-4-21(5-2)17(24)13-22-16-11-12-28-18(16)19(25)23(20(22)26)14-7-9-15(10-8-14)27-6-3/h7-12H,4-6,13H2,1-3H3. The molecule has 0 saturated heterocycles. The first-order chi connectivity index (χ1) is 13.5. The molecule has 0 bridgehead atoms. The summed E-state index contributed by atoms with van der Waals surface area (Å²) < 4.78 is 8.36. The lowest BCUT2D eigenvalue weighted by Gasteiger charge is -2.20. The lowest BCUT2D eigenvalue weighted by molar-refractivity contribution is -0.131. The van der Waals surface area contributed by atoms with Crippen LogP contribution in [-0.4, -0.2) is 39.6 Å². The number of amides is 1. The van der Waals surface area contributed by atoms with Gasteiger partial charge in [0.05, 0.1) is 17.8 Å². The van der Waals surface area contributed by atoms with Crippen LogP contribution >= 0.6 is 11.3 Å². The van der Waals surface area contributed by atoms with Gasteiger partial charge in [-0.2, -0.15) is 0 Å². The second-order valence-corrected chi connectivity index (χ2v) is 7.05. The fourth-order valence-corrected chi connectivity index (χ4v) is 3.96. The molecule has 0 aliphatic carbocycles. The van der Waals surface area contributed by atoms with E-state index in [0.29, 0.717) is 41.3 Å². The average molecular weight is 401 g/mol. The van der Waals surface area contributed by atoms with Crippen LogP contribution in [0, 0.1) is 0 Å². The fourth-order valence-electron chi connectivity index (χ4n) is 3.14. The molecule has 0 radical (unpaired) electrons. The molecule has 3 aromatic rings. The Morgan fingerprint density at radius 3 is 2.36 bits per heavy atom. The highest BCUT2D eigenvalue weighted by Crippen LogP contribution is 2.18. The minimum Gasteiger partial charge on any atom is -0.494 e. The molecule has 7 nitrogen and oxygen atoms in total. The zero-order valence-electron chi connectivity index (χ0n) is 16.2. The van der Waals surface area contributed by atoms with E-state index in [0.717, 1.165) is 4.57 Å². The van der Waals surface area contributed by atoms with Crippen LogP contribution in [0.3, 0.4) is 0 Å².